The molecule has 0 bridgehead atoms. The van der Waals surface area contributed by atoms with Gasteiger partial charge in [-0.25, -0.2) is 8.42 Å². The van der Waals surface area contributed by atoms with Crippen LogP contribution in [0.3, 0.4) is 0 Å². The maximum Gasteiger partial charge on any atom is 0.272 e. The molecule has 1 fully saturated rings. The number of nitrogens with zero attached hydrogens (tertiary/aromatic N) is 1. The lowest BCUT2D eigenvalue weighted by Gasteiger charge is -2.30. The van der Waals surface area contributed by atoms with Gasteiger partial charge < -0.3 is 10.6 Å². The first kappa shape index (κ1) is 15.4. The quantitative estimate of drug-likeness (QED) is 0.707. The van der Waals surface area contributed by atoms with Gasteiger partial charge in [0.05, 0.1) is 31.1 Å². The van der Waals surface area contributed by atoms with Crippen LogP contribution in [0.5, 0.6) is 0 Å². The molecule has 0 radical (unpaired) electrons. The number of quaternary nitrogens is 1. The third-order valence-electron chi connectivity index (χ3n) is 3.29. The van der Waals surface area contributed by atoms with E-state index in [0.717, 1.165) is 9.37 Å². The number of halogens is 1. The van der Waals surface area contributed by atoms with Crippen LogP contribution in [-0.4, -0.2) is 51.4 Å². The third-order valence-corrected chi connectivity index (χ3v) is 5.68. The Bertz CT molecular complexity index is 598. The summed E-state index contributed by atoms with van der Waals surface area (Å²) in [7, 11) is -3.46. The number of rotatable bonds is 4. The van der Waals surface area contributed by atoms with Gasteiger partial charge in [0.15, 0.2) is 6.54 Å². The zero-order chi connectivity index (χ0) is 14.8. The topological polar surface area (TPSA) is 84.9 Å². The molecule has 1 amide bonds. The van der Waals surface area contributed by atoms with Gasteiger partial charge in [-0.3, -0.25) is 4.79 Å². The predicted molar refractivity (Wildman–Crippen MR) is 77.7 cm³/mol. The van der Waals surface area contributed by atoms with E-state index in [1.54, 1.807) is 24.3 Å². The van der Waals surface area contributed by atoms with Crippen molar-refractivity contribution in [2.75, 3.05) is 32.7 Å². The molecule has 0 unspecified atom stereocenters. The van der Waals surface area contributed by atoms with Crippen molar-refractivity contribution < 1.29 is 18.1 Å². The molecule has 1 aliphatic rings. The molecular weight excluding hydrogens is 346 g/mol. The van der Waals surface area contributed by atoms with E-state index >= 15 is 0 Å². The van der Waals surface area contributed by atoms with E-state index in [2.05, 4.69) is 15.9 Å². The van der Waals surface area contributed by atoms with Crippen molar-refractivity contribution in [1.82, 2.24) is 4.31 Å². The number of amides is 1. The molecule has 1 saturated heterocycles. The number of nitrogens with one attached hydrogen (secondary N) is 1. The van der Waals surface area contributed by atoms with Crippen LogP contribution in [0.15, 0.2) is 33.6 Å². The minimum atomic E-state index is -3.46. The Morgan fingerprint density at radius 3 is 2.55 bits per heavy atom. The number of carbonyl (C=O) groups is 1. The molecule has 1 aliphatic heterocycles. The maximum absolute atomic E-state index is 12.5. The molecule has 0 aliphatic carbocycles. The smallest absolute Gasteiger partial charge is 0.272 e. The number of sulfonamides is 1. The molecule has 0 saturated carbocycles. The van der Waals surface area contributed by atoms with Crippen molar-refractivity contribution in [3.8, 4) is 0 Å². The van der Waals surface area contributed by atoms with Gasteiger partial charge in [0, 0.05) is 4.47 Å². The summed E-state index contributed by atoms with van der Waals surface area (Å²) in [4.78, 5) is 12.2. The minimum Gasteiger partial charge on any atom is -0.365 e. The summed E-state index contributed by atoms with van der Waals surface area (Å²) in [5.41, 5.74) is 5.15. The fraction of sp³-hybridized carbons (Fsp3) is 0.417. The number of piperazine rings is 1. The fourth-order valence-corrected chi connectivity index (χ4v) is 4.28. The lowest BCUT2D eigenvalue weighted by molar-refractivity contribution is -0.895. The van der Waals surface area contributed by atoms with Crippen molar-refractivity contribution >= 4 is 31.9 Å². The number of benzene rings is 1. The summed E-state index contributed by atoms with van der Waals surface area (Å²) in [6, 6.07) is 6.67. The highest BCUT2D eigenvalue weighted by molar-refractivity contribution is 9.10. The van der Waals surface area contributed by atoms with Gasteiger partial charge in [-0.15, -0.1) is 0 Å². The van der Waals surface area contributed by atoms with Crippen LogP contribution in [0.1, 0.15) is 0 Å². The van der Waals surface area contributed by atoms with Crippen molar-refractivity contribution in [2.24, 2.45) is 5.73 Å². The first-order valence-corrected chi connectivity index (χ1v) is 8.50. The zero-order valence-corrected chi connectivity index (χ0v) is 13.3. The molecule has 6 nitrogen and oxygen atoms in total. The van der Waals surface area contributed by atoms with E-state index in [1.807, 2.05) is 0 Å². The standard InChI is InChI=1S/C12H16BrN3O3S/c13-10-2-1-3-11(8-10)20(18,19)16-6-4-15(5-7-16)9-12(14)17/h1-3,8H,4-7,9H2,(H2,14,17)/p+1. The van der Waals surface area contributed by atoms with Gasteiger partial charge >= 0.3 is 0 Å². The highest BCUT2D eigenvalue weighted by atomic mass is 79.9. The average molecular weight is 363 g/mol. The van der Waals surface area contributed by atoms with Gasteiger partial charge in [-0.1, -0.05) is 22.0 Å². The molecule has 0 aromatic heterocycles. The molecule has 110 valence electrons. The molecule has 1 aromatic rings. The summed E-state index contributed by atoms with van der Waals surface area (Å²) in [5.74, 6) is -0.358. The van der Waals surface area contributed by atoms with Crippen molar-refractivity contribution in [2.45, 2.75) is 4.90 Å². The highest BCUT2D eigenvalue weighted by Gasteiger charge is 2.30. The van der Waals surface area contributed by atoms with Crippen LogP contribution < -0.4 is 10.6 Å². The van der Waals surface area contributed by atoms with E-state index < -0.39 is 10.0 Å². The highest BCUT2D eigenvalue weighted by Crippen LogP contribution is 2.19. The Kier molecular flexibility index (Phi) is 4.79. The summed E-state index contributed by atoms with van der Waals surface area (Å²) >= 11 is 3.28. The van der Waals surface area contributed by atoms with Crippen LogP contribution in [-0.2, 0) is 14.8 Å². The fourth-order valence-electron chi connectivity index (χ4n) is 2.24. The summed E-state index contributed by atoms with van der Waals surface area (Å²) in [5, 5.41) is 0. The van der Waals surface area contributed by atoms with E-state index in [0.29, 0.717) is 26.2 Å². The Hall–Kier alpha value is -0.960. The van der Waals surface area contributed by atoms with Gasteiger partial charge in [0.1, 0.15) is 0 Å². The van der Waals surface area contributed by atoms with Crippen LogP contribution in [0.2, 0.25) is 0 Å². The average Bonchev–Trinajstić information content (AvgIpc) is 2.38. The van der Waals surface area contributed by atoms with Crippen molar-refractivity contribution in [1.29, 1.82) is 0 Å². The van der Waals surface area contributed by atoms with E-state index in [4.69, 9.17) is 5.73 Å². The molecule has 20 heavy (non-hydrogen) atoms. The Labute approximate surface area is 126 Å². The van der Waals surface area contributed by atoms with E-state index in [9.17, 15) is 13.2 Å². The molecule has 0 spiro atoms. The molecule has 2 rings (SSSR count). The largest absolute Gasteiger partial charge is 0.365 e. The zero-order valence-electron chi connectivity index (χ0n) is 10.9. The van der Waals surface area contributed by atoms with Gasteiger partial charge in [-0.05, 0) is 18.2 Å². The molecule has 0 atom stereocenters. The van der Waals surface area contributed by atoms with Crippen LogP contribution in [0.4, 0.5) is 0 Å². The third kappa shape index (κ3) is 3.57. The number of hydrogen-bond donors (Lipinski definition) is 2. The number of hydrogen-bond acceptors (Lipinski definition) is 3. The van der Waals surface area contributed by atoms with E-state index in [1.165, 1.54) is 4.31 Å². The number of primary amides is 1. The maximum atomic E-state index is 12.5. The second-order valence-electron chi connectivity index (χ2n) is 4.75. The molecule has 1 heterocycles. The Morgan fingerprint density at radius 2 is 2.00 bits per heavy atom. The summed E-state index contributed by atoms with van der Waals surface area (Å²) in [6.45, 7) is 2.24. The summed E-state index contributed by atoms with van der Waals surface area (Å²) in [6.07, 6.45) is 0. The Balaban J connectivity index is 2.08. The SMILES string of the molecule is NC(=O)C[NH+]1CCN(S(=O)(=O)c2cccc(Br)c2)CC1. The van der Waals surface area contributed by atoms with Gasteiger partial charge in [0.2, 0.25) is 10.0 Å². The first-order valence-electron chi connectivity index (χ1n) is 6.27. The lowest BCUT2D eigenvalue weighted by atomic mass is 10.3. The first-order chi connectivity index (χ1) is 9.39. The molecule has 1 aromatic carbocycles. The number of carbonyl (C=O) groups excluding carboxylic acids is 1. The predicted octanol–water partition coefficient (Wildman–Crippen LogP) is -1.18. The van der Waals surface area contributed by atoms with Crippen LogP contribution in [0.25, 0.3) is 0 Å². The van der Waals surface area contributed by atoms with Crippen molar-refractivity contribution in [3.05, 3.63) is 28.7 Å². The summed E-state index contributed by atoms with van der Waals surface area (Å²) < 4.78 is 27.1. The second kappa shape index (κ2) is 6.21. The monoisotopic (exact) mass is 362 g/mol. The lowest BCUT2D eigenvalue weighted by Crippen LogP contribution is -3.15. The van der Waals surface area contributed by atoms with Gasteiger partial charge in [-0.2, -0.15) is 4.31 Å². The molecule has 8 heteroatoms. The van der Waals surface area contributed by atoms with E-state index in [-0.39, 0.29) is 17.3 Å². The normalized spacial score (nSPS) is 18.1. The molecule has 3 N–H and O–H groups in total. The van der Waals surface area contributed by atoms with Gasteiger partial charge in [0.25, 0.3) is 5.91 Å². The minimum absolute atomic E-state index is 0.255. The number of nitrogens with two attached hydrogens (primary N) is 1. The molecular formula is C12H17BrN3O3S+. The second-order valence-corrected chi connectivity index (χ2v) is 7.61. The Morgan fingerprint density at radius 1 is 1.35 bits per heavy atom. The van der Waals surface area contributed by atoms with Crippen molar-refractivity contribution in [3.63, 3.8) is 0 Å². The van der Waals surface area contributed by atoms with Crippen LogP contribution in [0, 0.1) is 0 Å². The van der Waals surface area contributed by atoms with Crippen LogP contribution >= 0.6 is 15.9 Å².